The molecule has 0 radical (unpaired) electrons. The third-order valence-corrected chi connectivity index (χ3v) is 5.53. The van der Waals surface area contributed by atoms with Crippen molar-refractivity contribution in [3.05, 3.63) is 35.9 Å². The summed E-state index contributed by atoms with van der Waals surface area (Å²) in [6.45, 7) is 4.65. The van der Waals surface area contributed by atoms with E-state index in [0.29, 0.717) is 12.1 Å². The van der Waals surface area contributed by atoms with E-state index in [2.05, 4.69) is 59.2 Å². The summed E-state index contributed by atoms with van der Waals surface area (Å²) >= 11 is 2.12. The van der Waals surface area contributed by atoms with Crippen molar-refractivity contribution in [3.63, 3.8) is 0 Å². The Labute approximate surface area is 121 Å². The third kappa shape index (κ3) is 3.15. The van der Waals surface area contributed by atoms with Gasteiger partial charge in [0.15, 0.2) is 0 Å². The molecule has 0 saturated carbocycles. The van der Waals surface area contributed by atoms with Crippen molar-refractivity contribution in [1.29, 1.82) is 0 Å². The summed E-state index contributed by atoms with van der Waals surface area (Å²) < 4.78 is 0. The van der Waals surface area contributed by atoms with Gasteiger partial charge in [0.1, 0.15) is 0 Å². The number of piperazine rings is 1. The lowest BCUT2D eigenvalue weighted by Gasteiger charge is -2.44. The van der Waals surface area contributed by atoms with Gasteiger partial charge in [0, 0.05) is 31.2 Å². The lowest BCUT2D eigenvalue weighted by molar-refractivity contribution is 0.0856. The van der Waals surface area contributed by atoms with Crippen molar-refractivity contribution in [3.8, 4) is 0 Å². The molecule has 104 valence electrons. The van der Waals surface area contributed by atoms with E-state index in [1.54, 1.807) is 0 Å². The van der Waals surface area contributed by atoms with Crippen LogP contribution in [-0.4, -0.2) is 41.6 Å². The molecule has 1 aromatic rings. The molecule has 0 amide bonds. The van der Waals surface area contributed by atoms with Crippen LogP contribution < -0.4 is 5.32 Å². The largest absolute Gasteiger partial charge is 0.307 e. The van der Waals surface area contributed by atoms with Crippen LogP contribution in [0.25, 0.3) is 0 Å². The van der Waals surface area contributed by atoms with Crippen molar-refractivity contribution < 1.29 is 0 Å². The van der Waals surface area contributed by atoms with Gasteiger partial charge in [-0.1, -0.05) is 30.3 Å². The molecule has 1 N–H and O–H groups in total. The highest BCUT2D eigenvalue weighted by molar-refractivity contribution is 7.99. The third-order valence-electron chi connectivity index (χ3n) is 4.48. The van der Waals surface area contributed by atoms with Crippen molar-refractivity contribution >= 4 is 11.8 Å². The molecular weight excluding hydrogens is 252 g/mol. The predicted octanol–water partition coefficient (Wildman–Crippen LogP) is 2.92. The molecule has 2 fully saturated rings. The summed E-state index contributed by atoms with van der Waals surface area (Å²) in [5.74, 6) is 2.69. The molecule has 2 nitrogen and oxygen atoms in total. The highest BCUT2D eigenvalue weighted by Crippen LogP contribution is 2.28. The molecule has 2 unspecified atom stereocenters. The van der Waals surface area contributed by atoms with Crippen molar-refractivity contribution in [1.82, 2.24) is 10.2 Å². The highest BCUT2D eigenvalue weighted by Gasteiger charge is 2.31. The minimum absolute atomic E-state index is 0.506. The molecule has 1 aromatic carbocycles. The molecule has 2 aliphatic rings. The molecule has 2 aliphatic heterocycles. The van der Waals surface area contributed by atoms with Gasteiger partial charge >= 0.3 is 0 Å². The van der Waals surface area contributed by atoms with Gasteiger partial charge in [0.25, 0.3) is 0 Å². The molecular formula is C16H24N2S. The second-order valence-electron chi connectivity index (χ2n) is 5.76. The Morgan fingerprint density at radius 1 is 1.16 bits per heavy atom. The Morgan fingerprint density at radius 2 is 1.89 bits per heavy atom. The number of hydrogen-bond donors (Lipinski definition) is 1. The number of hydrogen-bond acceptors (Lipinski definition) is 3. The molecule has 0 aromatic heterocycles. The Morgan fingerprint density at radius 3 is 2.63 bits per heavy atom. The van der Waals surface area contributed by atoms with Crippen LogP contribution in [0.3, 0.4) is 0 Å². The van der Waals surface area contributed by atoms with Crippen LogP contribution in [-0.2, 0) is 0 Å². The zero-order valence-corrected chi connectivity index (χ0v) is 12.5. The van der Waals surface area contributed by atoms with E-state index in [9.17, 15) is 0 Å². The standard InChI is InChI=1S/C16H24N2S/c1-13-11-17-16(14-5-3-2-4-6-14)12-18(13)15-7-9-19-10-8-15/h2-6,13,15-17H,7-12H2,1H3. The van der Waals surface area contributed by atoms with Crippen molar-refractivity contribution in [2.45, 2.75) is 37.9 Å². The summed E-state index contributed by atoms with van der Waals surface area (Å²) in [7, 11) is 0. The average Bonchev–Trinajstić information content (AvgIpc) is 2.49. The zero-order valence-electron chi connectivity index (χ0n) is 11.7. The van der Waals surface area contributed by atoms with Crippen LogP contribution in [0.15, 0.2) is 30.3 Å². The fourth-order valence-electron chi connectivity index (χ4n) is 3.32. The first-order chi connectivity index (χ1) is 9.34. The van der Waals surface area contributed by atoms with Crippen LogP contribution in [0, 0.1) is 0 Å². The summed E-state index contributed by atoms with van der Waals surface area (Å²) in [6.07, 6.45) is 2.74. The van der Waals surface area contributed by atoms with E-state index < -0.39 is 0 Å². The number of benzene rings is 1. The summed E-state index contributed by atoms with van der Waals surface area (Å²) in [4.78, 5) is 2.76. The van der Waals surface area contributed by atoms with Gasteiger partial charge in [-0.3, -0.25) is 4.90 Å². The van der Waals surface area contributed by atoms with E-state index in [1.165, 1.54) is 36.5 Å². The number of rotatable bonds is 2. The van der Waals surface area contributed by atoms with Gasteiger partial charge < -0.3 is 5.32 Å². The lowest BCUT2D eigenvalue weighted by Crippen LogP contribution is -2.55. The predicted molar refractivity (Wildman–Crippen MR) is 83.7 cm³/mol. The van der Waals surface area contributed by atoms with Gasteiger partial charge in [-0.15, -0.1) is 0 Å². The van der Waals surface area contributed by atoms with E-state index in [0.717, 1.165) is 12.6 Å². The molecule has 3 rings (SSSR count). The quantitative estimate of drug-likeness (QED) is 0.894. The minimum atomic E-state index is 0.506. The molecule has 0 aliphatic carbocycles. The second-order valence-corrected chi connectivity index (χ2v) is 6.99. The molecule has 0 spiro atoms. The number of thioether (sulfide) groups is 1. The van der Waals surface area contributed by atoms with Crippen molar-refractivity contribution in [2.75, 3.05) is 24.6 Å². The average molecular weight is 276 g/mol. The Kier molecular flexibility index (Phi) is 4.46. The van der Waals surface area contributed by atoms with Crippen molar-refractivity contribution in [2.24, 2.45) is 0 Å². The summed E-state index contributed by atoms with van der Waals surface area (Å²) in [5, 5.41) is 3.71. The van der Waals surface area contributed by atoms with Crippen LogP contribution in [0.5, 0.6) is 0 Å². The lowest BCUT2D eigenvalue weighted by atomic mass is 9.98. The Bertz CT molecular complexity index is 389. The molecule has 0 bridgehead atoms. The molecule has 3 heteroatoms. The number of nitrogens with one attached hydrogen (secondary N) is 1. The van der Waals surface area contributed by atoms with Crippen LogP contribution >= 0.6 is 11.8 Å². The normalized spacial score (nSPS) is 30.4. The van der Waals surface area contributed by atoms with Gasteiger partial charge in [0.2, 0.25) is 0 Å². The highest BCUT2D eigenvalue weighted by atomic mass is 32.2. The fourth-order valence-corrected chi connectivity index (χ4v) is 4.40. The Hall–Kier alpha value is -0.510. The van der Waals surface area contributed by atoms with Crippen LogP contribution in [0.2, 0.25) is 0 Å². The van der Waals surface area contributed by atoms with E-state index in [1.807, 2.05) is 0 Å². The molecule has 2 heterocycles. The maximum atomic E-state index is 3.71. The first-order valence-corrected chi connectivity index (χ1v) is 8.62. The fraction of sp³-hybridized carbons (Fsp3) is 0.625. The smallest absolute Gasteiger partial charge is 0.0450 e. The van der Waals surface area contributed by atoms with E-state index in [-0.39, 0.29) is 0 Å². The van der Waals surface area contributed by atoms with Gasteiger partial charge in [0.05, 0.1) is 0 Å². The van der Waals surface area contributed by atoms with E-state index >= 15 is 0 Å². The topological polar surface area (TPSA) is 15.3 Å². The monoisotopic (exact) mass is 276 g/mol. The zero-order chi connectivity index (χ0) is 13.1. The number of nitrogens with zero attached hydrogens (tertiary/aromatic N) is 1. The summed E-state index contributed by atoms with van der Waals surface area (Å²) in [5.41, 5.74) is 1.43. The maximum absolute atomic E-state index is 3.71. The first kappa shape index (κ1) is 13.5. The summed E-state index contributed by atoms with van der Waals surface area (Å²) in [6, 6.07) is 12.9. The van der Waals surface area contributed by atoms with Crippen LogP contribution in [0.1, 0.15) is 31.4 Å². The SMILES string of the molecule is CC1CNC(c2ccccc2)CN1C1CCSCC1. The molecule has 19 heavy (non-hydrogen) atoms. The first-order valence-electron chi connectivity index (χ1n) is 7.46. The maximum Gasteiger partial charge on any atom is 0.0450 e. The van der Waals surface area contributed by atoms with Gasteiger partial charge in [-0.2, -0.15) is 11.8 Å². The van der Waals surface area contributed by atoms with Gasteiger partial charge in [-0.05, 0) is 36.8 Å². The van der Waals surface area contributed by atoms with Crippen LogP contribution in [0.4, 0.5) is 0 Å². The minimum Gasteiger partial charge on any atom is -0.307 e. The van der Waals surface area contributed by atoms with Gasteiger partial charge in [-0.25, -0.2) is 0 Å². The van der Waals surface area contributed by atoms with E-state index in [4.69, 9.17) is 0 Å². The molecule has 2 saturated heterocycles. The second kappa shape index (κ2) is 6.29. The molecule has 2 atom stereocenters. The Balaban J connectivity index is 1.70.